The van der Waals surface area contributed by atoms with Gasteiger partial charge in [-0.2, -0.15) is 0 Å². The molecule has 1 aromatic rings. The number of rotatable bonds is 6. The van der Waals surface area contributed by atoms with Gasteiger partial charge in [0, 0.05) is 36.7 Å². The normalized spacial score (nSPS) is 19.5. The zero-order valence-corrected chi connectivity index (χ0v) is 11.4. The summed E-state index contributed by atoms with van der Waals surface area (Å²) in [6, 6.07) is 0.517. The first-order valence-electron chi connectivity index (χ1n) is 7.30. The Balaban J connectivity index is 1.74. The maximum Gasteiger partial charge on any atom is 0.128 e. The second kappa shape index (κ2) is 4.96. The van der Waals surface area contributed by atoms with Crippen molar-refractivity contribution < 1.29 is 0 Å². The van der Waals surface area contributed by atoms with Crippen LogP contribution in [-0.4, -0.2) is 16.0 Å². The molecule has 0 spiro atoms. The van der Waals surface area contributed by atoms with Crippen molar-refractivity contribution in [1.82, 2.24) is 15.3 Å². The van der Waals surface area contributed by atoms with E-state index in [4.69, 9.17) is 4.98 Å². The van der Waals surface area contributed by atoms with Gasteiger partial charge in [-0.1, -0.05) is 13.8 Å². The molecule has 0 saturated heterocycles. The van der Waals surface area contributed by atoms with Gasteiger partial charge in [-0.25, -0.2) is 9.97 Å². The summed E-state index contributed by atoms with van der Waals surface area (Å²) in [6.45, 7) is 5.27. The zero-order valence-electron chi connectivity index (χ0n) is 11.4. The second-order valence-electron chi connectivity index (χ2n) is 6.15. The van der Waals surface area contributed by atoms with Crippen molar-refractivity contribution in [2.75, 3.05) is 0 Å². The fourth-order valence-corrected chi connectivity index (χ4v) is 2.30. The SMILES string of the molecule is CC(C)NCc1cnc(CC2CC2)nc1C1CC1. The summed E-state index contributed by atoms with van der Waals surface area (Å²) in [7, 11) is 0. The lowest BCUT2D eigenvalue weighted by atomic mass is 10.1. The number of nitrogens with one attached hydrogen (secondary N) is 1. The van der Waals surface area contributed by atoms with Crippen molar-refractivity contribution in [2.24, 2.45) is 5.92 Å². The van der Waals surface area contributed by atoms with Gasteiger partial charge in [-0.05, 0) is 31.6 Å². The maximum atomic E-state index is 4.84. The fourth-order valence-electron chi connectivity index (χ4n) is 2.30. The summed E-state index contributed by atoms with van der Waals surface area (Å²) in [6.07, 6.45) is 8.53. The maximum absolute atomic E-state index is 4.84. The van der Waals surface area contributed by atoms with E-state index in [1.54, 1.807) is 0 Å². The lowest BCUT2D eigenvalue weighted by Gasteiger charge is -2.12. The number of nitrogens with zero attached hydrogens (tertiary/aromatic N) is 2. The van der Waals surface area contributed by atoms with Crippen molar-refractivity contribution in [1.29, 1.82) is 0 Å². The molecule has 0 atom stereocenters. The minimum Gasteiger partial charge on any atom is -0.310 e. The molecule has 3 heteroatoms. The highest BCUT2D eigenvalue weighted by atomic mass is 14.9. The Morgan fingerprint density at radius 2 is 2.06 bits per heavy atom. The highest BCUT2D eigenvalue weighted by Gasteiger charge is 2.29. The monoisotopic (exact) mass is 245 g/mol. The van der Waals surface area contributed by atoms with Crippen LogP contribution < -0.4 is 5.32 Å². The lowest BCUT2D eigenvalue weighted by molar-refractivity contribution is 0.581. The summed E-state index contributed by atoms with van der Waals surface area (Å²) in [5.74, 6) is 2.67. The van der Waals surface area contributed by atoms with Crippen LogP contribution in [0.15, 0.2) is 6.20 Å². The van der Waals surface area contributed by atoms with Gasteiger partial charge >= 0.3 is 0 Å². The number of hydrogen-bond acceptors (Lipinski definition) is 3. The summed E-state index contributed by atoms with van der Waals surface area (Å²) in [5.41, 5.74) is 2.64. The van der Waals surface area contributed by atoms with Crippen LogP contribution in [0.3, 0.4) is 0 Å². The van der Waals surface area contributed by atoms with E-state index >= 15 is 0 Å². The Labute approximate surface area is 109 Å². The molecule has 0 unspecified atom stereocenters. The molecule has 98 valence electrons. The van der Waals surface area contributed by atoms with Gasteiger partial charge in [0.1, 0.15) is 5.82 Å². The van der Waals surface area contributed by atoms with Crippen molar-refractivity contribution in [2.45, 2.75) is 64.5 Å². The van der Waals surface area contributed by atoms with E-state index in [1.165, 1.54) is 36.9 Å². The van der Waals surface area contributed by atoms with Gasteiger partial charge in [0.25, 0.3) is 0 Å². The van der Waals surface area contributed by atoms with Crippen LogP contribution in [0, 0.1) is 5.92 Å². The third-order valence-electron chi connectivity index (χ3n) is 3.78. The van der Waals surface area contributed by atoms with E-state index in [-0.39, 0.29) is 0 Å². The van der Waals surface area contributed by atoms with Gasteiger partial charge < -0.3 is 5.32 Å². The summed E-state index contributed by atoms with van der Waals surface area (Å²) < 4.78 is 0. The Kier molecular flexibility index (Phi) is 3.33. The molecule has 1 N–H and O–H groups in total. The average molecular weight is 245 g/mol. The molecule has 0 bridgehead atoms. The molecule has 2 aliphatic carbocycles. The highest BCUT2D eigenvalue weighted by molar-refractivity contribution is 5.25. The second-order valence-corrected chi connectivity index (χ2v) is 6.15. The van der Waals surface area contributed by atoms with Crippen molar-refractivity contribution >= 4 is 0 Å². The first-order chi connectivity index (χ1) is 8.72. The average Bonchev–Trinajstić information content (AvgIpc) is 3.20. The molecule has 3 rings (SSSR count). The molecule has 1 heterocycles. The van der Waals surface area contributed by atoms with Crippen LogP contribution in [-0.2, 0) is 13.0 Å². The third-order valence-corrected chi connectivity index (χ3v) is 3.78. The molecule has 0 amide bonds. The molecule has 3 nitrogen and oxygen atoms in total. The summed E-state index contributed by atoms with van der Waals surface area (Å²) in [4.78, 5) is 9.40. The Bertz CT molecular complexity index is 420. The summed E-state index contributed by atoms with van der Waals surface area (Å²) in [5, 5.41) is 3.48. The molecule has 0 aliphatic heterocycles. The molecular weight excluding hydrogens is 222 g/mol. The lowest BCUT2D eigenvalue weighted by Crippen LogP contribution is -2.23. The number of hydrogen-bond donors (Lipinski definition) is 1. The van der Waals surface area contributed by atoms with Crippen LogP contribution in [0.4, 0.5) is 0 Å². The predicted molar refractivity (Wildman–Crippen MR) is 72.4 cm³/mol. The Hall–Kier alpha value is -0.960. The largest absolute Gasteiger partial charge is 0.310 e. The Morgan fingerprint density at radius 3 is 2.67 bits per heavy atom. The van der Waals surface area contributed by atoms with E-state index < -0.39 is 0 Å². The molecular formula is C15H23N3. The Morgan fingerprint density at radius 1 is 1.28 bits per heavy atom. The third kappa shape index (κ3) is 3.08. The molecule has 0 aromatic carbocycles. The van der Waals surface area contributed by atoms with Crippen molar-refractivity contribution in [3.63, 3.8) is 0 Å². The van der Waals surface area contributed by atoms with Crippen molar-refractivity contribution in [3.8, 4) is 0 Å². The van der Waals surface area contributed by atoms with Crippen molar-refractivity contribution in [3.05, 3.63) is 23.3 Å². The first-order valence-corrected chi connectivity index (χ1v) is 7.30. The van der Waals surface area contributed by atoms with Crippen LogP contribution >= 0.6 is 0 Å². The standard InChI is InChI=1S/C15H23N3/c1-10(2)16-8-13-9-17-14(7-11-3-4-11)18-15(13)12-5-6-12/h9-12,16H,3-8H2,1-2H3. The van der Waals surface area contributed by atoms with E-state index in [9.17, 15) is 0 Å². The highest BCUT2D eigenvalue weighted by Crippen LogP contribution is 2.41. The van der Waals surface area contributed by atoms with Gasteiger partial charge in [-0.15, -0.1) is 0 Å². The van der Waals surface area contributed by atoms with E-state index in [0.717, 1.165) is 30.6 Å². The topological polar surface area (TPSA) is 37.8 Å². The van der Waals surface area contributed by atoms with Crippen LogP contribution in [0.2, 0.25) is 0 Å². The fraction of sp³-hybridized carbons (Fsp3) is 0.733. The number of aromatic nitrogens is 2. The molecule has 18 heavy (non-hydrogen) atoms. The molecule has 1 aromatic heterocycles. The molecule has 2 fully saturated rings. The van der Waals surface area contributed by atoms with Crippen LogP contribution in [0.1, 0.15) is 62.5 Å². The smallest absolute Gasteiger partial charge is 0.128 e. The van der Waals surface area contributed by atoms with Gasteiger partial charge in [-0.3, -0.25) is 0 Å². The zero-order chi connectivity index (χ0) is 12.5. The van der Waals surface area contributed by atoms with E-state index in [2.05, 4.69) is 30.3 Å². The minimum atomic E-state index is 0.517. The molecule has 2 saturated carbocycles. The first kappa shape index (κ1) is 12.1. The quantitative estimate of drug-likeness (QED) is 0.837. The summed E-state index contributed by atoms with van der Waals surface area (Å²) >= 11 is 0. The molecule has 2 aliphatic rings. The van der Waals surface area contributed by atoms with Gasteiger partial charge in [0.15, 0.2) is 0 Å². The van der Waals surface area contributed by atoms with Crippen LogP contribution in [0.5, 0.6) is 0 Å². The van der Waals surface area contributed by atoms with Gasteiger partial charge in [0.05, 0.1) is 5.69 Å². The van der Waals surface area contributed by atoms with E-state index in [1.807, 2.05) is 0 Å². The molecule has 0 radical (unpaired) electrons. The van der Waals surface area contributed by atoms with Gasteiger partial charge in [0.2, 0.25) is 0 Å². The van der Waals surface area contributed by atoms with E-state index in [0.29, 0.717) is 6.04 Å². The predicted octanol–water partition coefficient (Wildman–Crippen LogP) is 2.80. The minimum absolute atomic E-state index is 0.517. The van der Waals surface area contributed by atoms with Crippen LogP contribution in [0.25, 0.3) is 0 Å².